The third-order valence-electron chi connectivity index (χ3n) is 6.57. The average molecular weight is 609 g/mol. The van der Waals surface area contributed by atoms with Crippen molar-refractivity contribution in [3.8, 4) is 11.3 Å². The second-order valence-corrected chi connectivity index (χ2v) is 10.9. The molecule has 4 rings (SSSR count). The van der Waals surface area contributed by atoms with Crippen molar-refractivity contribution in [2.75, 3.05) is 23.4 Å². The topological polar surface area (TPSA) is 119 Å². The zero-order chi connectivity index (χ0) is 30.6. The van der Waals surface area contributed by atoms with Crippen LogP contribution in [-0.4, -0.2) is 47.1 Å². The Morgan fingerprint density at radius 2 is 1.74 bits per heavy atom. The van der Waals surface area contributed by atoms with Gasteiger partial charge in [0.15, 0.2) is 12.2 Å². The average Bonchev–Trinajstić information content (AvgIpc) is 3.52. The molecule has 1 heterocycles. The van der Waals surface area contributed by atoms with Crippen molar-refractivity contribution in [3.63, 3.8) is 0 Å². The third-order valence-corrected chi connectivity index (χ3v) is 7.47. The van der Waals surface area contributed by atoms with Crippen LogP contribution in [0.4, 0.5) is 14.5 Å². The molecule has 2 atom stereocenters. The molecule has 0 saturated carbocycles. The van der Waals surface area contributed by atoms with E-state index in [2.05, 4.69) is 34.7 Å². The van der Waals surface area contributed by atoms with Crippen LogP contribution in [0.5, 0.6) is 0 Å². The number of benzene rings is 3. The Labute approximate surface area is 253 Å². The van der Waals surface area contributed by atoms with Crippen LogP contribution >= 0.6 is 11.8 Å². The Morgan fingerprint density at radius 3 is 2.44 bits per heavy atom. The van der Waals surface area contributed by atoms with Crippen molar-refractivity contribution in [3.05, 3.63) is 108 Å². The summed E-state index contributed by atoms with van der Waals surface area (Å²) in [5.74, 6) is -1.65. The van der Waals surface area contributed by atoms with E-state index < -0.39 is 29.7 Å². The third kappa shape index (κ3) is 10.3. The first-order chi connectivity index (χ1) is 20.8. The maximum atomic E-state index is 13.7. The van der Waals surface area contributed by atoms with Crippen LogP contribution in [0.2, 0.25) is 0 Å². The van der Waals surface area contributed by atoms with Gasteiger partial charge >= 0.3 is 5.97 Å². The number of rotatable bonds is 15. The molecule has 226 valence electrons. The second kappa shape index (κ2) is 16.0. The van der Waals surface area contributed by atoms with E-state index in [-0.39, 0.29) is 30.4 Å². The normalized spacial score (nSPS) is 12.5. The zero-order valence-corrected chi connectivity index (χ0v) is 24.5. The minimum Gasteiger partial charge on any atom is -0.459 e. The lowest BCUT2D eigenvalue weighted by Crippen LogP contribution is -2.46. The number of amides is 1. The lowest BCUT2D eigenvalue weighted by Gasteiger charge is -2.25. The number of carbonyl (C=O) groups excluding carboxylic acids is 2. The SMILES string of the molecule is CCc1cccc(CNC[C@@H](OC(=O)CSCC(=O)Nc2ccc(-c3cnco3)cc2)[C@@H](N)Cc2cc(F)cc(F)c2)c1. The highest BCUT2D eigenvalue weighted by molar-refractivity contribution is 8.00. The summed E-state index contributed by atoms with van der Waals surface area (Å²) in [6.07, 6.45) is 3.19. The monoisotopic (exact) mass is 608 g/mol. The van der Waals surface area contributed by atoms with Gasteiger partial charge in [-0.3, -0.25) is 9.59 Å². The molecule has 1 amide bonds. The van der Waals surface area contributed by atoms with Crippen LogP contribution in [0, 0.1) is 11.6 Å². The van der Waals surface area contributed by atoms with E-state index in [1.165, 1.54) is 24.1 Å². The van der Waals surface area contributed by atoms with E-state index in [1.54, 1.807) is 30.5 Å². The number of thioether (sulfide) groups is 1. The number of nitrogens with two attached hydrogens (primary N) is 1. The molecule has 0 aliphatic rings. The first-order valence-electron chi connectivity index (χ1n) is 13.8. The molecule has 0 aliphatic carbocycles. The summed E-state index contributed by atoms with van der Waals surface area (Å²) in [4.78, 5) is 29.0. The molecule has 0 saturated heterocycles. The molecule has 0 bridgehead atoms. The Kier molecular flexibility index (Phi) is 11.8. The molecular weight excluding hydrogens is 574 g/mol. The van der Waals surface area contributed by atoms with E-state index in [1.807, 2.05) is 12.1 Å². The Balaban J connectivity index is 1.28. The fourth-order valence-electron chi connectivity index (χ4n) is 4.43. The summed E-state index contributed by atoms with van der Waals surface area (Å²) in [6, 6.07) is 17.7. The largest absolute Gasteiger partial charge is 0.459 e. The van der Waals surface area contributed by atoms with Gasteiger partial charge in [0.2, 0.25) is 5.91 Å². The van der Waals surface area contributed by atoms with E-state index in [0.29, 0.717) is 23.6 Å². The van der Waals surface area contributed by atoms with Crippen LogP contribution in [0.15, 0.2) is 83.7 Å². The zero-order valence-electron chi connectivity index (χ0n) is 23.7. The number of esters is 1. The molecular formula is C32H34F2N4O4S. The number of carbonyl (C=O) groups is 2. The van der Waals surface area contributed by atoms with Crippen molar-refractivity contribution in [2.24, 2.45) is 5.73 Å². The molecule has 4 aromatic rings. The summed E-state index contributed by atoms with van der Waals surface area (Å²) in [6.45, 7) is 2.84. The Morgan fingerprint density at radius 1 is 1.00 bits per heavy atom. The van der Waals surface area contributed by atoms with Crippen LogP contribution < -0.4 is 16.4 Å². The molecule has 43 heavy (non-hydrogen) atoms. The van der Waals surface area contributed by atoms with Gasteiger partial charge < -0.3 is 25.5 Å². The minimum atomic E-state index is -0.773. The van der Waals surface area contributed by atoms with Gasteiger partial charge in [-0.15, -0.1) is 11.8 Å². The highest BCUT2D eigenvalue weighted by Crippen LogP contribution is 2.21. The molecule has 0 spiro atoms. The van der Waals surface area contributed by atoms with Crippen LogP contribution in [0.3, 0.4) is 0 Å². The molecule has 0 fully saturated rings. The van der Waals surface area contributed by atoms with Gasteiger partial charge in [-0.1, -0.05) is 31.2 Å². The van der Waals surface area contributed by atoms with Crippen molar-refractivity contribution in [1.82, 2.24) is 10.3 Å². The van der Waals surface area contributed by atoms with Gasteiger partial charge in [-0.2, -0.15) is 0 Å². The lowest BCUT2D eigenvalue weighted by atomic mass is 10.0. The van der Waals surface area contributed by atoms with E-state index >= 15 is 0 Å². The number of nitrogens with zero attached hydrogens (tertiary/aromatic N) is 1. The van der Waals surface area contributed by atoms with Crippen molar-refractivity contribution >= 4 is 29.3 Å². The van der Waals surface area contributed by atoms with Crippen molar-refractivity contribution in [1.29, 1.82) is 0 Å². The van der Waals surface area contributed by atoms with Crippen LogP contribution in [0.25, 0.3) is 11.3 Å². The molecule has 3 aromatic carbocycles. The minimum absolute atomic E-state index is 0.0320. The fraction of sp³-hybridized carbons (Fsp3) is 0.281. The molecule has 0 aliphatic heterocycles. The number of anilines is 1. The van der Waals surface area contributed by atoms with E-state index in [9.17, 15) is 18.4 Å². The number of oxazole rings is 1. The molecule has 0 radical (unpaired) electrons. The summed E-state index contributed by atoms with van der Waals surface area (Å²) in [5.41, 5.74) is 10.5. The van der Waals surface area contributed by atoms with Gasteiger partial charge in [0, 0.05) is 36.4 Å². The van der Waals surface area contributed by atoms with Crippen molar-refractivity contribution < 1.29 is 27.5 Å². The molecule has 0 unspecified atom stereocenters. The lowest BCUT2D eigenvalue weighted by molar-refractivity contribution is -0.146. The Hall–Kier alpha value is -4.06. The predicted molar refractivity (Wildman–Crippen MR) is 163 cm³/mol. The first-order valence-corrected chi connectivity index (χ1v) is 15.0. The molecule has 8 nitrogen and oxygen atoms in total. The predicted octanol–water partition coefficient (Wildman–Crippen LogP) is 5.13. The molecule has 4 N–H and O–H groups in total. The Bertz CT molecular complexity index is 1460. The number of hydrogen-bond acceptors (Lipinski definition) is 8. The maximum absolute atomic E-state index is 13.7. The first kappa shape index (κ1) is 31.9. The van der Waals surface area contributed by atoms with Gasteiger partial charge in [0.1, 0.15) is 17.7 Å². The van der Waals surface area contributed by atoms with Gasteiger partial charge in [-0.25, -0.2) is 13.8 Å². The highest BCUT2D eigenvalue weighted by atomic mass is 32.2. The number of aromatic nitrogens is 1. The van der Waals surface area contributed by atoms with Crippen molar-refractivity contribution in [2.45, 2.75) is 38.5 Å². The summed E-state index contributed by atoms with van der Waals surface area (Å²) >= 11 is 1.11. The van der Waals surface area contributed by atoms with Crippen LogP contribution in [0.1, 0.15) is 23.6 Å². The standard InChI is InChI=1S/C32H34F2N4O4S/c1-2-21-4-3-5-22(10-21)15-36-17-30(28(35)13-23-11-25(33)14-26(34)12-23)42-32(40)19-43-18-31(39)38-27-8-6-24(7-9-27)29-16-37-20-41-29/h3-12,14,16,20,28,30,36H,2,13,15,17-19,35H2,1H3,(H,38,39)/t28-,30+/m0/s1. The molecule has 1 aromatic heterocycles. The molecule has 11 heteroatoms. The number of ether oxygens (including phenoxy) is 1. The fourth-order valence-corrected chi connectivity index (χ4v) is 5.03. The van der Waals surface area contributed by atoms with Gasteiger partial charge in [0.25, 0.3) is 0 Å². The maximum Gasteiger partial charge on any atom is 0.316 e. The summed E-state index contributed by atoms with van der Waals surface area (Å²) in [5, 5.41) is 6.06. The number of aryl methyl sites for hydroxylation is 1. The van der Waals surface area contributed by atoms with E-state index in [4.69, 9.17) is 14.9 Å². The quantitative estimate of drug-likeness (QED) is 0.159. The smallest absolute Gasteiger partial charge is 0.316 e. The number of nitrogens with one attached hydrogen (secondary N) is 2. The number of hydrogen-bond donors (Lipinski definition) is 3. The van der Waals surface area contributed by atoms with Gasteiger partial charge in [-0.05, 0) is 65.9 Å². The van der Waals surface area contributed by atoms with Crippen LogP contribution in [-0.2, 0) is 33.7 Å². The summed E-state index contributed by atoms with van der Waals surface area (Å²) < 4.78 is 38.4. The number of halogens is 2. The van der Waals surface area contributed by atoms with E-state index in [0.717, 1.165) is 35.4 Å². The summed E-state index contributed by atoms with van der Waals surface area (Å²) in [7, 11) is 0. The second-order valence-electron chi connectivity index (χ2n) is 9.96. The van der Waals surface area contributed by atoms with Gasteiger partial charge in [0.05, 0.1) is 17.7 Å². The highest BCUT2D eigenvalue weighted by Gasteiger charge is 2.23.